The van der Waals surface area contributed by atoms with Gasteiger partial charge in [-0.05, 0) is 30.5 Å². The molecule has 0 aliphatic heterocycles. The van der Waals surface area contributed by atoms with E-state index in [4.69, 9.17) is 0 Å². The second-order valence-corrected chi connectivity index (χ2v) is 4.71. The van der Waals surface area contributed by atoms with E-state index in [0.29, 0.717) is 5.92 Å². The highest BCUT2D eigenvalue weighted by Crippen LogP contribution is 2.30. The van der Waals surface area contributed by atoms with Crippen LogP contribution < -0.4 is 0 Å². The zero-order chi connectivity index (χ0) is 11.4. The van der Waals surface area contributed by atoms with Crippen molar-refractivity contribution in [3.05, 3.63) is 28.8 Å². The van der Waals surface area contributed by atoms with E-state index in [2.05, 4.69) is 37.9 Å². The lowest BCUT2D eigenvalue weighted by molar-refractivity contribution is 0.890. The van der Waals surface area contributed by atoms with Gasteiger partial charge in [0.25, 0.3) is 0 Å². The fourth-order valence-electron chi connectivity index (χ4n) is 1.37. The van der Waals surface area contributed by atoms with E-state index in [-0.39, 0.29) is 0 Å². The lowest BCUT2D eigenvalue weighted by atomic mass is 10.1. The SMILES string of the molecule is CC.Cc1ccnc2sc(C(C)C)cc12. The third-order valence-corrected chi connectivity index (χ3v) is 3.59. The van der Waals surface area contributed by atoms with Crippen molar-refractivity contribution < 1.29 is 0 Å². The monoisotopic (exact) mass is 221 g/mol. The van der Waals surface area contributed by atoms with E-state index >= 15 is 0 Å². The normalized spacial score (nSPS) is 10.3. The molecule has 0 bridgehead atoms. The number of hydrogen-bond acceptors (Lipinski definition) is 2. The molecule has 0 saturated carbocycles. The largest absolute Gasteiger partial charge is 0.245 e. The summed E-state index contributed by atoms with van der Waals surface area (Å²) in [4.78, 5) is 6.96. The summed E-state index contributed by atoms with van der Waals surface area (Å²) in [5.41, 5.74) is 1.33. The first-order valence-corrected chi connectivity index (χ1v) is 6.35. The summed E-state index contributed by atoms with van der Waals surface area (Å²) in [5.74, 6) is 0.610. The van der Waals surface area contributed by atoms with Crippen molar-refractivity contribution in [2.45, 2.75) is 40.5 Å². The van der Waals surface area contributed by atoms with Gasteiger partial charge in [-0.1, -0.05) is 27.7 Å². The van der Waals surface area contributed by atoms with E-state index in [1.54, 1.807) is 0 Å². The summed E-state index contributed by atoms with van der Waals surface area (Å²) in [6, 6.07) is 4.34. The molecule has 0 aromatic carbocycles. The van der Waals surface area contributed by atoms with Crippen molar-refractivity contribution in [3.63, 3.8) is 0 Å². The molecule has 0 N–H and O–H groups in total. The van der Waals surface area contributed by atoms with E-state index in [1.807, 2.05) is 31.4 Å². The van der Waals surface area contributed by atoms with Gasteiger partial charge >= 0.3 is 0 Å². The number of rotatable bonds is 1. The van der Waals surface area contributed by atoms with Gasteiger partial charge in [-0.15, -0.1) is 11.3 Å². The molecule has 2 aromatic heterocycles. The first-order valence-electron chi connectivity index (χ1n) is 5.53. The average Bonchev–Trinajstić information content (AvgIpc) is 2.66. The lowest BCUT2D eigenvalue weighted by Crippen LogP contribution is -1.78. The maximum Gasteiger partial charge on any atom is 0.123 e. The Morgan fingerprint density at radius 2 is 1.93 bits per heavy atom. The standard InChI is InChI=1S/C11H13NS.C2H6/c1-7(2)10-6-9-8(3)4-5-12-11(9)13-10;1-2/h4-7H,1-3H3;1-2H3. The third kappa shape index (κ3) is 2.57. The van der Waals surface area contributed by atoms with Gasteiger partial charge < -0.3 is 0 Å². The Kier molecular flexibility index (Phi) is 4.28. The summed E-state index contributed by atoms with van der Waals surface area (Å²) in [5, 5.41) is 1.32. The number of aromatic nitrogens is 1. The Balaban J connectivity index is 0.000000531. The van der Waals surface area contributed by atoms with Crippen LogP contribution in [-0.2, 0) is 0 Å². The highest BCUT2D eigenvalue weighted by atomic mass is 32.1. The molecule has 82 valence electrons. The highest BCUT2D eigenvalue weighted by Gasteiger charge is 2.06. The predicted molar refractivity (Wildman–Crippen MR) is 69.8 cm³/mol. The predicted octanol–water partition coefficient (Wildman–Crippen LogP) is 4.75. The van der Waals surface area contributed by atoms with Crippen molar-refractivity contribution in [1.29, 1.82) is 0 Å². The zero-order valence-electron chi connectivity index (χ0n) is 10.2. The van der Waals surface area contributed by atoms with Gasteiger partial charge in [0, 0.05) is 16.5 Å². The van der Waals surface area contributed by atoms with Crippen molar-refractivity contribution in [1.82, 2.24) is 4.98 Å². The molecule has 0 amide bonds. The first-order chi connectivity index (χ1) is 7.18. The second kappa shape index (κ2) is 5.26. The minimum absolute atomic E-state index is 0.610. The molecule has 0 saturated heterocycles. The van der Waals surface area contributed by atoms with Crippen LogP contribution in [0, 0.1) is 6.92 Å². The molecule has 2 rings (SSSR count). The summed E-state index contributed by atoms with van der Waals surface area (Å²) < 4.78 is 0. The maximum atomic E-state index is 4.36. The molecule has 0 aliphatic rings. The van der Waals surface area contributed by atoms with Crippen LogP contribution in [0.15, 0.2) is 18.3 Å². The van der Waals surface area contributed by atoms with Crippen LogP contribution in [0.5, 0.6) is 0 Å². The van der Waals surface area contributed by atoms with Crippen LogP contribution in [0.25, 0.3) is 10.2 Å². The molecule has 0 aliphatic carbocycles. The number of fused-ring (bicyclic) bond motifs is 1. The van der Waals surface area contributed by atoms with Crippen molar-refractivity contribution in [2.75, 3.05) is 0 Å². The molecule has 0 fully saturated rings. The molecule has 2 heteroatoms. The zero-order valence-corrected chi connectivity index (χ0v) is 11.0. The molecule has 1 nitrogen and oxygen atoms in total. The summed E-state index contributed by atoms with van der Waals surface area (Å²) in [6.45, 7) is 10.6. The number of thiophene rings is 1. The van der Waals surface area contributed by atoms with Crippen LogP contribution in [-0.4, -0.2) is 4.98 Å². The third-order valence-electron chi connectivity index (χ3n) is 2.24. The van der Waals surface area contributed by atoms with Gasteiger partial charge in [0.2, 0.25) is 0 Å². The minimum atomic E-state index is 0.610. The van der Waals surface area contributed by atoms with Crippen LogP contribution in [0.3, 0.4) is 0 Å². The lowest BCUT2D eigenvalue weighted by Gasteiger charge is -1.96. The Bertz CT molecular complexity index is 429. The average molecular weight is 221 g/mol. The van der Waals surface area contributed by atoms with Crippen LogP contribution in [0.4, 0.5) is 0 Å². The van der Waals surface area contributed by atoms with Gasteiger partial charge in [0.1, 0.15) is 4.83 Å². The molecule has 2 heterocycles. The molecule has 0 spiro atoms. The summed E-state index contributed by atoms with van der Waals surface area (Å²) in [7, 11) is 0. The number of nitrogens with zero attached hydrogens (tertiary/aromatic N) is 1. The quantitative estimate of drug-likeness (QED) is 0.677. The van der Waals surface area contributed by atoms with Crippen LogP contribution in [0.1, 0.15) is 44.1 Å². The Morgan fingerprint density at radius 3 is 2.47 bits per heavy atom. The van der Waals surface area contributed by atoms with E-state index < -0.39 is 0 Å². The Morgan fingerprint density at radius 1 is 1.27 bits per heavy atom. The molecule has 0 unspecified atom stereocenters. The fourth-order valence-corrected chi connectivity index (χ4v) is 2.45. The molecule has 15 heavy (non-hydrogen) atoms. The molecule has 0 radical (unpaired) electrons. The van der Waals surface area contributed by atoms with Crippen LogP contribution in [0.2, 0.25) is 0 Å². The Hall–Kier alpha value is -0.890. The van der Waals surface area contributed by atoms with Gasteiger partial charge in [-0.3, -0.25) is 0 Å². The summed E-state index contributed by atoms with van der Waals surface area (Å²) in [6.07, 6.45) is 1.89. The number of hydrogen-bond donors (Lipinski definition) is 0. The van der Waals surface area contributed by atoms with E-state index in [0.717, 1.165) is 0 Å². The van der Waals surface area contributed by atoms with E-state index in [9.17, 15) is 0 Å². The van der Waals surface area contributed by atoms with Crippen molar-refractivity contribution >= 4 is 21.6 Å². The number of aryl methyl sites for hydroxylation is 1. The molecular weight excluding hydrogens is 202 g/mol. The smallest absolute Gasteiger partial charge is 0.123 e. The van der Waals surface area contributed by atoms with Crippen molar-refractivity contribution in [2.24, 2.45) is 0 Å². The molecule has 0 atom stereocenters. The maximum absolute atomic E-state index is 4.36. The first kappa shape index (κ1) is 12.2. The highest BCUT2D eigenvalue weighted by molar-refractivity contribution is 7.18. The van der Waals surface area contributed by atoms with Gasteiger partial charge in [-0.25, -0.2) is 4.98 Å². The van der Waals surface area contributed by atoms with Gasteiger partial charge in [-0.2, -0.15) is 0 Å². The van der Waals surface area contributed by atoms with E-state index in [1.165, 1.54) is 20.7 Å². The van der Waals surface area contributed by atoms with Crippen molar-refractivity contribution in [3.8, 4) is 0 Å². The second-order valence-electron chi connectivity index (χ2n) is 3.65. The van der Waals surface area contributed by atoms with Gasteiger partial charge in [0.15, 0.2) is 0 Å². The Labute approximate surface area is 96.2 Å². The molecule has 2 aromatic rings. The van der Waals surface area contributed by atoms with Gasteiger partial charge in [0.05, 0.1) is 0 Å². The van der Waals surface area contributed by atoms with Crippen LogP contribution >= 0.6 is 11.3 Å². The molecular formula is C13H19NS. The number of pyridine rings is 1. The summed E-state index contributed by atoms with van der Waals surface area (Å²) >= 11 is 1.81. The topological polar surface area (TPSA) is 12.9 Å². The minimum Gasteiger partial charge on any atom is -0.245 e. The fraction of sp³-hybridized carbons (Fsp3) is 0.462.